The molecular weight excluding hydrogens is 374 g/mol. The highest BCUT2D eigenvalue weighted by atomic mass is 32.1. The van der Waals surface area contributed by atoms with Crippen molar-refractivity contribution in [2.75, 3.05) is 20.7 Å². The van der Waals surface area contributed by atoms with E-state index < -0.39 is 6.61 Å². The molecule has 0 fully saturated rings. The van der Waals surface area contributed by atoms with Gasteiger partial charge in [0.1, 0.15) is 11.5 Å². The van der Waals surface area contributed by atoms with Crippen molar-refractivity contribution < 1.29 is 18.3 Å². The number of ether oxygens (including phenoxy) is 2. The molecule has 0 radical (unpaired) electrons. The number of aryl methyl sites for hydroxylation is 2. The van der Waals surface area contributed by atoms with E-state index in [-0.39, 0.29) is 12.3 Å². The van der Waals surface area contributed by atoms with Crippen molar-refractivity contribution in [3.8, 4) is 11.5 Å². The number of hydrogen-bond acceptors (Lipinski definition) is 5. The van der Waals surface area contributed by atoms with Gasteiger partial charge in [-0.15, -0.1) is 11.3 Å². The first-order valence-electron chi connectivity index (χ1n) is 8.49. The quantitative estimate of drug-likeness (QED) is 0.385. The summed E-state index contributed by atoms with van der Waals surface area (Å²) in [6, 6.07) is 4.70. The van der Waals surface area contributed by atoms with Gasteiger partial charge in [0.25, 0.3) is 0 Å². The van der Waals surface area contributed by atoms with Gasteiger partial charge in [-0.05, 0) is 31.5 Å². The van der Waals surface area contributed by atoms with E-state index in [1.54, 1.807) is 30.5 Å². The Bertz CT molecular complexity index is 753. The minimum absolute atomic E-state index is 0.105. The molecule has 27 heavy (non-hydrogen) atoms. The Morgan fingerprint density at radius 3 is 2.78 bits per heavy atom. The van der Waals surface area contributed by atoms with Gasteiger partial charge in [0.2, 0.25) is 0 Å². The maximum Gasteiger partial charge on any atom is 0.387 e. The summed E-state index contributed by atoms with van der Waals surface area (Å²) in [7, 11) is 3.17. The molecule has 0 saturated heterocycles. The molecule has 1 aromatic heterocycles. The molecule has 148 valence electrons. The lowest BCUT2D eigenvalue weighted by Crippen LogP contribution is -2.37. The van der Waals surface area contributed by atoms with Gasteiger partial charge in [-0.1, -0.05) is 0 Å². The summed E-state index contributed by atoms with van der Waals surface area (Å²) in [4.78, 5) is 8.58. The fourth-order valence-electron chi connectivity index (χ4n) is 2.40. The molecule has 2 N–H and O–H groups in total. The van der Waals surface area contributed by atoms with Crippen molar-refractivity contribution in [1.29, 1.82) is 0 Å². The fourth-order valence-corrected chi connectivity index (χ4v) is 3.21. The highest BCUT2D eigenvalue weighted by Crippen LogP contribution is 2.25. The SMILES string of the molecule is CN=C(NCCCc1nc(C)cs1)NCc1cc(OC)ccc1OC(F)F. The van der Waals surface area contributed by atoms with Crippen molar-refractivity contribution in [2.24, 2.45) is 4.99 Å². The Labute approximate surface area is 161 Å². The molecule has 0 bridgehead atoms. The van der Waals surface area contributed by atoms with E-state index in [4.69, 9.17) is 4.74 Å². The van der Waals surface area contributed by atoms with Gasteiger partial charge in [-0.25, -0.2) is 4.98 Å². The van der Waals surface area contributed by atoms with Crippen molar-refractivity contribution in [1.82, 2.24) is 15.6 Å². The van der Waals surface area contributed by atoms with Crippen molar-refractivity contribution >= 4 is 17.3 Å². The van der Waals surface area contributed by atoms with Crippen LogP contribution in [0.25, 0.3) is 0 Å². The van der Waals surface area contributed by atoms with Gasteiger partial charge >= 0.3 is 6.61 Å². The number of rotatable bonds is 9. The molecule has 0 unspecified atom stereocenters. The van der Waals surface area contributed by atoms with E-state index in [9.17, 15) is 8.78 Å². The maximum atomic E-state index is 12.6. The number of nitrogens with one attached hydrogen (secondary N) is 2. The number of nitrogens with zero attached hydrogens (tertiary/aromatic N) is 2. The second kappa shape index (κ2) is 10.7. The van der Waals surface area contributed by atoms with Crippen LogP contribution in [0.3, 0.4) is 0 Å². The first-order valence-corrected chi connectivity index (χ1v) is 9.37. The van der Waals surface area contributed by atoms with Crippen LogP contribution < -0.4 is 20.1 Å². The fraction of sp³-hybridized carbons (Fsp3) is 0.444. The third kappa shape index (κ3) is 7.01. The molecule has 1 heterocycles. The van der Waals surface area contributed by atoms with Crippen LogP contribution in [-0.4, -0.2) is 38.3 Å². The number of aliphatic imine (C=N–C) groups is 1. The van der Waals surface area contributed by atoms with Gasteiger partial charge in [-0.3, -0.25) is 4.99 Å². The number of aromatic nitrogens is 1. The molecule has 2 aromatic rings. The van der Waals surface area contributed by atoms with Crippen LogP contribution in [0.15, 0.2) is 28.6 Å². The van der Waals surface area contributed by atoms with Crippen molar-refractivity contribution in [3.63, 3.8) is 0 Å². The normalized spacial score (nSPS) is 11.6. The second-order valence-corrected chi connectivity index (χ2v) is 6.63. The van der Waals surface area contributed by atoms with Crippen LogP contribution in [-0.2, 0) is 13.0 Å². The van der Waals surface area contributed by atoms with E-state index in [1.807, 2.05) is 12.3 Å². The highest BCUT2D eigenvalue weighted by molar-refractivity contribution is 7.09. The molecule has 0 amide bonds. The molecule has 0 aliphatic heterocycles. The van der Waals surface area contributed by atoms with Crippen LogP contribution in [0.2, 0.25) is 0 Å². The standard InChI is InChI=1S/C18H24F2N4O2S/c1-12-11-27-16(24-12)5-4-8-22-18(21-2)23-10-13-9-14(25-3)6-7-15(13)26-17(19)20/h6-7,9,11,17H,4-5,8,10H2,1-3H3,(H2,21,22,23). The van der Waals surface area contributed by atoms with Gasteiger partial charge in [0.15, 0.2) is 5.96 Å². The molecule has 2 rings (SSSR count). The van der Waals surface area contributed by atoms with E-state index in [1.165, 1.54) is 13.2 Å². The van der Waals surface area contributed by atoms with Gasteiger partial charge in [0, 0.05) is 43.2 Å². The summed E-state index contributed by atoms with van der Waals surface area (Å²) in [5, 5.41) is 9.45. The topological polar surface area (TPSA) is 67.8 Å². The summed E-state index contributed by atoms with van der Waals surface area (Å²) >= 11 is 1.66. The van der Waals surface area contributed by atoms with Crippen LogP contribution in [0.4, 0.5) is 8.78 Å². The molecule has 0 aliphatic carbocycles. The number of alkyl halides is 2. The Kier molecular flexibility index (Phi) is 8.25. The molecule has 1 aromatic carbocycles. The lowest BCUT2D eigenvalue weighted by molar-refractivity contribution is -0.0504. The van der Waals surface area contributed by atoms with Gasteiger partial charge < -0.3 is 20.1 Å². The number of guanidine groups is 1. The Morgan fingerprint density at radius 2 is 2.15 bits per heavy atom. The number of thiazole rings is 1. The molecule has 0 spiro atoms. The summed E-state index contributed by atoms with van der Waals surface area (Å²) in [6.07, 6.45) is 1.80. The zero-order valence-corrected chi connectivity index (χ0v) is 16.4. The predicted molar refractivity (Wildman–Crippen MR) is 103 cm³/mol. The van der Waals surface area contributed by atoms with Crippen LogP contribution in [0.1, 0.15) is 22.7 Å². The van der Waals surface area contributed by atoms with Crippen LogP contribution >= 0.6 is 11.3 Å². The van der Waals surface area contributed by atoms with E-state index in [0.29, 0.717) is 17.3 Å². The van der Waals surface area contributed by atoms with Gasteiger partial charge in [0.05, 0.1) is 12.1 Å². The molecular formula is C18H24F2N4O2S. The molecule has 6 nitrogen and oxygen atoms in total. The van der Waals surface area contributed by atoms with Crippen molar-refractivity contribution in [3.05, 3.63) is 39.8 Å². The van der Waals surface area contributed by atoms with E-state index in [0.717, 1.165) is 30.1 Å². The van der Waals surface area contributed by atoms with E-state index in [2.05, 4.69) is 25.3 Å². The minimum Gasteiger partial charge on any atom is -0.497 e. The first-order chi connectivity index (χ1) is 13.0. The average molecular weight is 398 g/mol. The number of methoxy groups -OCH3 is 1. The highest BCUT2D eigenvalue weighted by Gasteiger charge is 2.11. The molecule has 0 atom stereocenters. The number of halogens is 2. The predicted octanol–water partition coefficient (Wildman–Crippen LogP) is 3.36. The summed E-state index contributed by atoms with van der Waals surface area (Å²) in [6.45, 7) is 0.0832. The summed E-state index contributed by atoms with van der Waals surface area (Å²) < 4.78 is 34.9. The zero-order valence-electron chi connectivity index (χ0n) is 15.6. The smallest absolute Gasteiger partial charge is 0.387 e. The van der Waals surface area contributed by atoms with Crippen LogP contribution in [0, 0.1) is 6.92 Å². The molecule has 0 aliphatic rings. The largest absolute Gasteiger partial charge is 0.497 e. The summed E-state index contributed by atoms with van der Waals surface area (Å²) in [5.41, 5.74) is 1.59. The van der Waals surface area contributed by atoms with Crippen LogP contribution in [0.5, 0.6) is 11.5 Å². The maximum absolute atomic E-state index is 12.6. The second-order valence-electron chi connectivity index (χ2n) is 5.69. The number of hydrogen-bond donors (Lipinski definition) is 2. The van der Waals surface area contributed by atoms with Gasteiger partial charge in [-0.2, -0.15) is 8.78 Å². The lowest BCUT2D eigenvalue weighted by Gasteiger charge is -2.15. The van der Waals surface area contributed by atoms with Crippen molar-refractivity contribution in [2.45, 2.75) is 32.9 Å². The summed E-state index contributed by atoms with van der Waals surface area (Å²) in [5.74, 6) is 1.25. The third-order valence-electron chi connectivity index (χ3n) is 3.68. The molecule has 9 heteroatoms. The number of benzene rings is 1. The Morgan fingerprint density at radius 1 is 1.33 bits per heavy atom. The lowest BCUT2D eigenvalue weighted by atomic mass is 10.2. The average Bonchev–Trinajstić information content (AvgIpc) is 3.07. The van der Waals surface area contributed by atoms with E-state index >= 15 is 0 Å². The molecule has 0 saturated carbocycles. The third-order valence-corrected chi connectivity index (χ3v) is 4.71. The minimum atomic E-state index is -2.89. The monoisotopic (exact) mass is 398 g/mol. The zero-order chi connectivity index (χ0) is 19.6. The Balaban J connectivity index is 1.85. The Hall–Kier alpha value is -2.42. The first kappa shape index (κ1) is 20.9.